The lowest BCUT2D eigenvalue weighted by Crippen LogP contribution is -2.29. The van der Waals surface area contributed by atoms with E-state index in [0.29, 0.717) is 24.7 Å². The highest BCUT2D eigenvalue weighted by molar-refractivity contribution is 7.92. The molecule has 27 heavy (non-hydrogen) atoms. The van der Waals surface area contributed by atoms with E-state index in [1.54, 1.807) is 0 Å². The Bertz CT molecular complexity index is 971. The van der Waals surface area contributed by atoms with Gasteiger partial charge < -0.3 is 19.9 Å². The zero-order chi connectivity index (χ0) is 19.4. The number of anilines is 1. The maximum Gasteiger partial charge on any atom is 0.322 e. The molecule has 2 aromatic carbocycles. The second-order valence-corrected chi connectivity index (χ2v) is 7.25. The van der Waals surface area contributed by atoms with Crippen molar-refractivity contribution in [1.82, 2.24) is 5.32 Å². The van der Waals surface area contributed by atoms with Crippen LogP contribution in [0, 0.1) is 0 Å². The lowest BCUT2D eigenvalue weighted by molar-refractivity contribution is -0.135. The van der Waals surface area contributed by atoms with E-state index in [1.807, 2.05) is 0 Å². The third-order valence-corrected chi connectivity index (χ3v) is 5.00. The number of sulfonamides is 1. The number of carboxylic acid groups (broad SMARTS) is 1. The Morgan fingerprint density at radius 2 is 1.67 bits per heavy atom. The molecule has 0 atom stereocenters. The molecule has 1 aliphatic rings. The lowest BCUT2D eigenvalue weighted by atomic mass is 10.2. The van der Waals surface area contributed by atoms with E-state index < -0.39 is 28.4 Å². The van der Waals surface area contributed by atoms with Crippen molar-refractivity contribution in [2.45, 2.75) is 4.90 Å². The van der Waals surface area contributed by atoms with Gasteiger partial charge in [-0.25, -0.2) is 8.42 Å². The Hall–Kier alpha value is -3.27. The molecule has 3 rings (SSSR count). The average molecular weight is 392 g/mol. The van der Waals surface area contributed by atoms with E-state index in [9.17, 15) is 18.0 Å². The van der Waals surface area contributed by atoms with Gasteiger partial charge in [-0.2, -0.15) is 0 Å². The molecule has 1 amide bonds. The van der Waals surface area contributed by atoms with Crippen molar-refractivity contribution in [3.05, 3.63) is 48.0 Å². The van der Waals surface area contributed by atoms with Gasteiger partial charge in [0.15, 0.2) is 11.5 Å². The van der Waals surface area contributed by atoms with Crippen LogP contribution in [-0.2, 0) is 14.8 Å². The summed E-state index contributed by atoms with van der Waals surface area (Å²) < 4.78 is 38.2. The highest BCUT2D eigenvalue weighted by atomic mass is 32.2. The molecule has 0 spiro atoms. The molecule has 1 aliphatic heterocycles. The van der Waals surface area contributed by atoms with Gasteiger partial charge >= 0.3 is 5.97 Å². The summed E-state index contributed by atoms with van der Waals surface area (Å²) in [5.74, 6) is -0.891. The van der Waals surface area contributed by atoms with E-state index in [1.165, 1.54) is 42.5 Å². The van der Waals surface area contributed by atoms with Gasteiger partial charge in [-0.1, -0.05) is 0 Å². The standard InChI is InChI=1S/C17H16N2O7S/c20-16(21)10-18-17(22)11-1-3-12(4-2-11)19-27(23,24)13-5-6-14-15(9-13)26-8-7-25-14/h1-6,9,19H,7-8,10H2,(H,18,22)(H,20,21). The Labute approximate surface area is 155 Å². The third kappa shape index (κ3) is 4.47. The van der Waals surface area contributed by atoms with Crippen molar-refractivity contribution in [2.75, 3.05) is 24.5 Å². The summed E-state index contributed by atoms with van der Waals surface area (Å²) in [5.41, 5.74) is 0.457. The fraction of sp³-hybridized carbons (Fsp3) is 0.176. The SMILES string of the molecule is O=C(O)CNC(=O)c1ccc(NS(=O)(=O)c2ccc3c(c2)OCCO3)cc1. The quantitative estimate of drug-likeness (QED) is 0.670. The average Bonchev–Trinajstić information content (AvgIpc) is 2.66. The van der Waals surface area contributed by atoms with Gasteiger partial charge in [-0.3, -0.25) is 14.3 Å². The van der Waals surface area contributed by atoms with E-state index in [2.05, 4.69) is 10.0 Å². The number of ether oxygens (including phenoxy) is 2. The van der Waals surface area contributed by atoms with E-state index in [-0.39, 0.29) is 16.1 Å². The molecule has 0 unspecified atom stereocenters. The molecule has 2 aromatic rings. The van der Waals surface area contributed by atoms with Crippen LogP contribution in [-0.4, -0.2) is 45.2 Å². The largest absolute Gasteiger partial charge is 0.486 e. The minimum Gasteiger partial charge on any atom is -0.486 e. The molecular weight excluding hydrogens is 376 g/mol. The summed E-state index contributed by atoms with van der Waals surface area (Å²) in [6, 6.07) is 9.90. The molecule has 1 heterocycles. The van der Waals surface area contributed by atoms with Crippen LogP contribution in [0.5, 0.6) is 11.5 Å². The number of fused-ring (bicyclic) bond motifs is 1. The Kier molecular flexibility index (Phi) is 5.17. The molecule has 0 radical (unpaired) electrons. The van der Waals surface area contributed by atoms with Crippen molar-refractivity contribution >= 4 is 27.6 Å². The number of rotatable bonds is 6. The van der Waals surface area contributed by atoms with Crippen molar-refractivity contribution in [2.24, 2.45) is 0 Å². The number of carboxylic acids is 1. The van der Waals surface area contributed by atoms with Crippen LogP contribution < -0.4 is 19.5 Å². The van der Waals surface area contributed by atoms with E-state index in [4.69, 9.17) is 14.6 Å². The molecule has 0 saturated carbocycles. The fourth-order valence-electron chi connectivity index (χ4n) is 2.35. The minimum atomic E-state index is -3.87. The summed E-state index contributed by atoms with van der Waals surface area (Å²) in [4.78, 5) is 22.2. The number of nitrogens with one attached hydrogen (secondary N) is 2. The number of carbonyl (C=O) groups excluding carboxylic acids is 1. The van der Waals surface area contributed by atoms with Crippen LogP contribution in [0.1, 0.15) is 10.4 Å². The van der Waals surface area contributed by atoms with E-state index in [0.717, 1.165) is 0 Å². The van der Waals surface area contributed by atoms with Crippen LogP contribution in [0.2, 0.25) is 0 Å². The first-order valence-corrected chi connectivity index (χ1v) is 9.36. The van der Waals surface area contributed by atoms with Crippen molar-refractivity contribution in [3.63, 3.8) is 0 Å². The molecular formula is C17H16N2O7S. The maximum absolute atomic E-state index is 12.5. The smallest absolute Gasteiger partial charge is 0.322 e. The summed E-state index contributed by atoms with van der Waals surface area (Å²) in [6.07, 6.45) is 0. The molecule has 0 bridgehead atoms. The van der Waals surface area contributed by atoms with Gasteiger partial charge in [0.05, 0.1) is 4.90 Å². The monoisotopic (exact) mass is 392 g/mol. The van der Waals surface area contributed by atoms with Gasteiger partial charge in [-0.15, -0.1) is 0 Å². The molecule has 9 nitrogen and oxygen atoms in total. The van der Waals surface area contributed by atoms with E-state index >= 15 is 0 Å². The molecule has 142 valence electrons. The number of benzene rings is 2. The van der Waals surface area contributed by atoms with Crippen molar-refractivity contribution < 1.29 is 32.6 Å². The fourth-order valence-corrected chi connectivity index (χ4v) is 3.43. The van der Waals surface area contributed by atoms with Crippen LogP contribution in [0.3, 0.4) is 0 Å². The third-order valence-electron chi connectivity index (χ3n) is 3.62. The number of carbonyl (C=O) groups is 2. The first-order valence-electron chi connectivity index (χ1n) is 7.88. The van der Waals surface area contributed by atoms with Gasteiger partial charge in [0, 0.05) is 17.3 Å². The van der Waals surface area contributed by atoms with Crippen LogP contribution >= 0.6 is 0 Å². The lowest BCUT2D eigenvalue weighted by Gasteiger charge is -2.19. The zero-order valence-corrected chi connectivity index (χ0v) is 14.8. The highest BCUT2D eigenvalue weighted by Crippen LogP contribution is 2.32. The number of hydrogen-bond donors (Lipinski definition) is 3. The Morgan fingerprint density at radius 3 is 2.33 bits per heavy atom. The van der Waals surface area contributed by atoms with Crippen molar-refractivity contribution in [1.29, 1.82) is 0 Å². The van der Waals surface area contributed by atoms with Crippen molar-refractivity contribution in [3.8, 4) is 11.5 Å². The minimum absolute atomic E-state index is 0.00928. The van der Waals surface area contributed by atoms with Crippen LogP contribution in [0.15, 0.2) is 47.4 Å². The van der Waals surface area contributed by atoms with Gasteiger partial charge in [-0.05, 0) is 36.4 Å². The Morgan fingerprint density at radius 1 is 1.00 bits per heavy atom. The van der Waals surface area contributed by atoms with Crippen LogP contribution in [0.25, 0.3) is 0 Å². The van der Waals surface area contributed by atoms with Gasteiger partial charge in [0.1, 0.15) is 19.8 Å². The first-order chi connectivity index (χ1) is 12.8. The summed E-state index contributed by atoms with van der Waals surface area (Å²) in [7, 11) is -3.87. The molecule has 0 saturated heterocycles. The van der Waals surface area contributed by atoms with Crippen LogP contribution in [0.4, 0.5) is 5.69 Å². The predicted molar refractivity (Wildman–Crippen MR) is 94.7 cm³/mol. The second-order valence-electron chi connectivity index (χ2n) is 5.56. The van der Waals surface area contributed by atoms with Gasteiger partial charge in [0.25, 0.3) is 15.9 Å². The number of aliphatic carboxylic acids is 1. The normalized spacial score (nSPS) is 12.9. The number of hydrogen-bond acceptors (Lipinski definition) is 6. The molecule has 0 fully saturated rings. The molecule has 3 N–H and O–H groups in total. The zero-order valence-electron chi connectivity index (χ0n) is 14.0. The highest BCUT2D eigenvalue weighted by Gasteiger charge is 2.19. The topological polar surface area (TPSA) is 131 Å². The summed E-state index contributed by atoms with van der Waals surface area (Å²) in [5, 5.41) is 10.8. The summed E-state index contributed by atoms with van der Waals surface area (Å²) in [6.45, 7) is 0.246. The maximum atomic E-state index is 12.5. The predicted octanol–water partition coefficient (Wildman–Crippen LogP) is 1.07. The Balaban J connectivity index is 1.72. The summed E-state index contributed by atoms with van der Waals surface area (Å²) >= 11 is 0. The molecule has 0 aliphatic carbocycles. The molecule has 0 aromatic heterocycles. The van der Waals surface area contributed by atoms with Gasteiger partial charge in [0.2, 0.25) is 0 Å². The molecule has 10 heteroatoms. The first kappa shape index (κ1) is 18.5. The second kappa shape index (κ2) is 7.54. The number of amides is 1.